The average Bonchev–Trinajstić information content (AvgIpc) is 2.55. The van der Waals surface area contributed by atoms with E-state index in [-0.39, 0.29) is 10.8 Å². The molecule has 0 radical (unpaired) electrons. The van der Waals surface area contributed by atoms with Crippen molar-refractivity contribution in [3.63, 3.8) is 0 Å². The van der Waals surface area contributed by atoms with Gasteiger partial charge in [-0.1, -0.05) is 6.07 Å². The summed E-state index contributed by atoms with van der Waals surface area (Å²) in [6, 6.07) is 6.96. The summed E-state index contributed by atoms with van der Waals surface area (Å²) in [6.45, 7) is 4.91. The second-order valence-electron chi connectivity index (χ2n) is 5.69. The molecule has 6 nitrogen and oxygen atoms in total. The molecule has 1 amide bonds. The summed E-state index contributed by atoms with van der Waals surface area (Å²) < 4.78 is 27.4. The summed E-state index contributed by atoms with van der Waals surface area (Å²) in [7, 11) is -3.60. The molecule has 1 aromatic carbocycles. The molecule has 1 aliphatic rings. The minimum Gasteiger partial charge on any atom is -0.340 e. The second-order valence-corrected chi connectivity index (χ2v) is 7.60. The van der Waals surface area contributed by atoms with E-state index in [0.29, 0.717) is 37.1 Å². The maximum absolute atomic E-state index is 13.0. The first kappa shape index (κ1) is 15.9. The zero-order valence-electron chi connectivity index (χ0n) is 13.2. The molecule has 0 aliphatic carbocycles. The van der Waals surface area contributed by atoms with E-state index in [1.807, 2.05) is 6.92 Å². The third-order valence-electron chi connectivity index (χ3n) is 4.23. The van der Waals surface area contributed by atoms with Crippen LogP contribution in [0.4, 0.5) is 0 Å². The molecule has 0 unspecified atom stereocenters. The Morgan fingerprint density at radius 1 is 1.13 bits per heavy atom. The number of sulfonamides is 1. The van der Waals surface area contributed by atoms with Crippen LogP contribution in [-0.2, 0) is 14.8 Å². The number of rotatable bonds is 2. The fraction of sp³-hybridized carbons (Fsp3) is 0.375. The maximum Gasteiger partial charge on any atom is 0.243 e. The van der Waals surface area contributed by atoms with E-state index in [1.165, 1.54) is 11.2 Å². The Labute approximate surface area is 135 Å². The van der Waals surface area contributed by atoms with E-state index in [2.05, 4.69) is 4.98 Å². The molecule has 1 saturated heterocycles. The molecule has 1 fully saturated rings. The highest BCUT2D eigenvalue weighted by atomic mass is 32.2. The van der Waals surface area contributed by atoms with Gasteiger partial charge in [0.1, 0.15) is 0 Å². The van der Waals surface area contributed by atoms with Gasteiger partial charge in [0, 0.05) is 44.7 Å². The van der Waals surface area contributed by atoms with Crippen molar-refractivity contribution in [1.82, 2.24) is 14.2 Å². The zero-order valence-corrected chi connectivity index (χ0v) is 14.0. The predicted octanol–water partition coefficient (Wildman–Crippen LogP) is 1.40. The SMILES string of the molecule is CC(=O)N1CCN(S(=O)(=O)c2ccc(C)c3ncccc23)CC1. The fourth-order valence-corrected chi connectivity index (χ4v) is 4.50. The minimum absolute atomic E-state index is 0.0213. The summed E-state index contributed by atoms with van der Waals surface area (Å²) in [6.07, 6.45) is 1.66. The van der Waals surface area contributed by atoms with Crippen LogP contribution in [0, 0.1) is 6.92 Å². The number of aryl methyl sites for hydroxylation is 1. The van der Waals surface area contributed by atoms with Crippen LogP contribution >= 0.6 is 0 Å². The molecule has 0 saturated carbocycles. The largest absolute Gasteiger partial charge is 0.340 e. The first-order valence-electron chi connectivity index (χ1n) is 7.51. The van der Waals surface area contributed by atoms with Gasteiger partial charge in [-0.3, -0.25) is 9.78 Å². The van der Waals surface area contributed by atoms with Crippen molar-refractivity contribution in [2.24, 2.45) is 0 Å². The van der Waals surface area contributed by atoms with Gasteiger partial charge in [-0.05, 0) is 30.7 Å². The van der Waals surface area contributed by atoms with Gasteiger partial charge in [0.05, 0.1) is 10.4 Å². The van der Waals surface area contributed by atoms with Crippen LogP contribution in [0.2, 0.25) is 0 Å². The smallest absolute Gasteiger partial charge is 0.243 e. The zero-order chi connectivity index (χ0) is 16.6. The molecule has 122 valence electrons. The van der Waals surface area contributed by atoms with Crippen LogP contribution in [-0.4, -0.2) is 54.7 Å². The summed E-state index contributed by atoms with van der Waals surface area (Å²) in [5.74, 6) is -0.0213. The molecule has 0 spiro atoms. The van der Waals surface area contributed by atoms with Crippen LogP contribution in [0.5, 0.6) is 0 Å². The summed E-state index contributed by atoms with van der Waals surface area (Å²) in [4.78, 5) is 17.6. The summed E-state index contributed by atoms with van der Waals surface area (Å²) in [5, 5.41) is 0.640. The lowest BCUT2D eigenvalue weighted by Crippen LogP contribution is -2.49. The van der Waals surface area contributed by atoms with Crippen LogP contribution in [0.25, 0.3) is 10.9 Å². The number of aromatic nitrogens is 1. The Balaban J connectivity index is 1.98. The Morgan fingerprint density at radius 2 is 1.83 bits per heavy atom. The number of nitrogens with zero attached hydrogens (tertiary/aromatic N) is 3. The lowest BCUT2D eigenvalue weighted by atomic mass is 10.1. The molecular weight excluding hydrogens is 314 g/mol. The van der Waals surface area contributed by atoms with Crippen molar-refractivity contribution < 1.29 is 13.2 Å². The van der Waals surface area contributed by atoms with E-state index in [9.17, 15) is 13.2 Å². The highest BCUT2D eigenvalue weighted by molar-refractivity contribution is 7.89. The summed E-state index contributed by atoms with van der Waals surface area (Å²) in [5.41, 5.74) is 1.65. The standard InChI is InChI=1S/C16H19N3O3S/c1-12-5-6-15(14-4-3-7-17-16(12)14)23(21,22)19-10-8-18(9-11-19)13(2)20/h3-7H,8-11H2,1-2H3. The van der Waals surface area contributed by atoms with E-state index >= 15 is 0 Å². The lowest BCUT2D eigenvalue weighted by molar-refractivity contribution is -0.129. The van der Waals surface area contributed by atoms with Gasteiger partial charge in [0.2, 0.25) is 15.9 Å². The van der Waals surface area contributed by atoms with Gasteiger partial charge in [0.25, 0.3) is 0 Å². The molecule has 3 rings (SSSR count). The molecule has 1 aliphatic heterocycles. The molecule has 0 bridgehead atoms. The van der Waals surface area contributed by atoms with Gasteiger partial charge in [-0.25, -0.2) is 8.42 Å². The number of fused-ring (bicyclic) bond motifs is 1. The number of carbonyl (C=O) groups excluding carboxylic acids is 1. The van der Waals surface area contributed by atoms with Gasteiger partial charge >= 0.3 is 0 Å². The van der Waals surface area contributed by atoms with Gasteiger partial charge < -0.3 is 4.90 Å². The molecule has 23 heavy (non-hydrogen) atoms. The molecule has 1 aromatic heterocycles. The quantitative estimate of drug-likeness (QED) is 0.833. The fourth-order valence-electron chi connectivity index (χ4n) is 2.90. The maximum atomic E-state index is 13.0. The Hall–Kier alpha value is -1.99. The third kappa shape index (κ3) is 2.82. The average molecular weight is 333 g/mol. The monoisotopic (exact) mass is 333 g/mol. The van der Waals surface area contributed by atoms with Crippen molar-refractivity contribution >= 4 is 26.8 Å². The predicted molar refractivity (Wildman–Crippen MR) is 87.5 cm³/mol. The highest BCUT2D eigenvalue weighted by Crippen LogP contribution is 2.27. The molecular formula is C16H19N3O3S. The normalized spacial score (nSPS) is 16.7. The van der Waals surface area contributed by atoms with Crippen molar-refractivity contribution in [2.45, 2.75) is 18.7 Å². The number of piperazine rings is 1. The third-order valence-corrected chi connectivity index (χ3v) is 6.19. The number of hydrogen-bond donors (Lipinski definition) is 0. The number of amides is 1. The highest BCUT2D eigenvalue weighted by Gasteiger charge is 2.30. The van der Waals surface area contributed by atoms with Crippen molar-refractivity contribution in [2.75, 3.05) is 26.2 Å². The molecule has 0 atom stereocenters. The van der Waals surface area contributed by atoms with Crippen LogP contribution in [0.3, 0.4) is 0 Å². The van der Waals surface area contributed by atoms with Gasteiger partial charge in [-0.2, -0.15) is 4.31 Å². The topological polar surface area (TPSA) is 70.6 Å². The first-order chi connectivity index (χ1) is 10.9. The lowest BCUT2D eigenvalue weighted by Gasteiger charge is -2.33. The van der Waals surface area contributed by atoms with Gasteiger partial charge in [0.15, 0.2) is 0 Å². The molecule has 2 heterocycles. The Bertz CT molecular complexity index is 856. The molecule has 2 aromatic rings. The number of benzene rings is 1. The van der Waals surface area contributed by atoms with Crippen LogP contribution in [0.1, 0.15) is 12.5 Å². The second kappa shape index (κ2) is 5.90. The van der Waals surface area contributed by atoms with Crippen LogP contribution < -0.4 is 0 Å². The van der Waals surface area contributed by atoms with Crippen molar-refractivity contribution in [1.29, 1.82) is 0 Å². The van der Waals surface area contributed by atoms with E-state index in [1.54, 1.807) is 35.4 Å². The summed E-state index contributed by atoms with van der Waals surface area (Å²) >= 11 is 0. The molecule has 0 N–H and O–H groups in total. The van der Waals surface area contributed by atoms with Crippen molar-refractivity contribution in [3.05, 3.63) is 36.0 Å². The molecule has 7 heteroatoms. The van der Waals surface area contributed by atoms with Gasteiger partial charge in [-0.15, -0.1) is 0 Å². The van der Waals surface area contributed by atoms with E-state index in [0.717, 1.165) is 5.56 Å². The first-order valence-corrected chi connectivity index (χ1v) is 8.95. The number of carbonyl (C=O) groups is 1. The van der Waals surface area contributed by atoms with E-state index in [4.69, 9.17) is 0 Å². The van der Waals surface area contributed by atoms with E-state index < -0.39 is 10.0 Å². The Morgan fingerprint density at radius 3 is 2.48 bits per heavy atom. The number of pyridine rings is 1. The number of hydrogen-bond acceptors (Lipinski definition) is 4. The van der Waals surface area contributed by atoms with Crippen molar-refractivity contribution in [3.8, 4) is 0 Å². The minimum atomic E-state index is -3.60. The van der Waals surface area contributed by atoms with Crippen LogP contribution in [0.15, 0.2) is 35.4 Å². The Kier molecular flexibility index (Phi) is 4.08.